The van der Waals surface area contributed by atoms with Gasteiger partial charge in [0, 0.05) is 25.3 Å². The summed E-state index contributed by atoms with van der Waals surface area (Å²) >= 11 is 0. The molecule has 0 aliphatic carbocycles. The molecule has 2 fully saturated rings. The lowest BCUT2D eigenvalue weighted by atomic mass is 10.0. The largest absolute Gasteiger partial charge is 0.469 e. The van der Waals surface area contributed by atoms with Gasteiger partial charge in [-0.1, -0.05) is 24.3 Å². The molecule has 2 aliphatic heterocycles. The molecule has 0 bridgehead atoms. The molecule has 0 saturated carbocycles. The summed E-state index contributed by atoms with van der Waals surface area (Å²) in [6.07, 6.45) is 3.95. The number of esters is 1. The lowest BCUT2D eigenvalue weighted by Gasteiger charge is -2.33. The number of nitrogens with zero attached hydrogens (tertiary/aromatic N) is 5. The van der Waals surface area contributed by atoms with Crippen LogP contribution in [0.2, 0.25) is 0 Å². The Kier molecular flexibility index (Phi) is 6.24. The van der Waals surface area contributed by atoms with Crippen molar-refractivity contribution in [3.8, 4) is 11.3 Å². The molecule has 5 rings (SSSR count). The van der Waals surface area contributed by atoms with E-state index in [1.165, 1.54) is 7.11 Å². The first-order valence-electron chi connectivity index (χ1n) is 11.5. The maximum atomic E-state index is 11.6. The predicted octanol–water partition coefficient (Wildman–Crippen LogP) is 2.79. The Balaban J connectivity index is 1.59. The van der Waals surface area contributed by atoms with E-state index in [1.54, 1.807) is 0 Å². The zero-order valence-electron chi connectivity index (χ0n) is 19.1. The van der Waals surface area contributed by atoms with Crippen molar-refractivity contribution < 1.29 is 19.0 Å². The number of methoxy groups -OCH3 is 1. The summed E-state index contributed by atoms with van der Waals surface area (Å²) in [5.41, 5.74) is 3.55. The maximum absolute atomic E-state index is 11.6. The number of aromatic nitrogens is 4. The molecule has 2 aliphatic rings. The Morgan fingerprint density at radius 1 is 1.12 bits per heavy atom. The second-order valence-corrected chi connectivity index (χ2v) is 8.61. The fourth-order valence-electron chi connectivity index (χ4n) is 4.50. The summed E-state index contributed by atoms with van der Waals surface area (Å²) in [4.78, 5) is 23.8. The lowest BCUT2D eigenvalue weighted by molar-refractivity contribution is -0.139. The molecule has 2 saturated heterocycles. The zero-order valence-corrected chi connectivity index (χ0v) is 19.1. The van der Waals surface area contributed by atoms with Crippen molar-refractivity contribution in [3.05, 3.63) is 36.0 Å². The highest BCUT2D eigenvalue weighted by molar-refractivity contribution is 5.91. The number of hydrogen-bond donors (Lipinski definition) is 0. The monoisotopic (exact) mass is 451 g/mol. The van der Waals surface area contributed by atoms with Crippen molar-refractivity contribution in [3.63, 3.8) is 0 Å². The Morgan fingerprint density at radius 2 is 1.91 bits per heavy atom. The summed E-state index contributed by atoms with van der Waals surface area (Å²) in [5, 5.41) is 5.66. The van der Waals surface area contributed by atoms with E-state index in [2.05, 4.69) is 11.8 Å². The van der Waals surface area contributed by atoms with Crippen LogP contribution in [0.25, 0.3) is 22.3 Å². The average Bonchev–Trinajstić information content (AvgIpc) is 3.29. The number of carbonyl (C=O) groups is 1. The van der Waals surface area contributed by atoms with Crippen molar-refractivity contribution in [2.45, 2.75) is 38.3 Å². The first kappa shape index (κ1) is 21.8. The van der Waals surface area contributed by atoms with Crippen LogP contribution in [0.5, 0.6) is 0 Å². The van der Waals surface area contributed by atoms with E-state index in [-0.39, 0.29) is 24.5 Å². The SMILES string of the molecule is COC(=O)Cc1ccc(-c2nc(N3CCOC[C@H]3C)nc3c2cnn3C2CCOCC2)cc1. The topological polar surface area (TPSA) is 91.6 Å². The van der Waals surface area contributed by atoms with Gasteiger partial charge in [0.2, 0.25) is 5.95 Å². The fourth-order valence-corrected chi connectivity index (χ4v) is 4.50. The molecule has 9 heteroatoms. The molecule has 33 heavy (non-hydrogen) atoms. The highest BCUT2D eigenvalue weighted by Gasteiger charge is 2.26. The lowest BCUT2D eigenvalue weighted by Crippen LogP contribution is -2.44. The van der Waals surface area contributed by atoms with Gasteiger partial charge in [0.25, 0.3) is 0 Å². The molecule has 0 N–H and O–H groups in total. The summed E-state index contributed by atoms with van der Waals surface area (Å²) in [5.74, 6) is 0.439. The highest BCUT2D eigenvalue weighted by atomic mass is 16.5. The van der Waals surface area contributed by atoms with Crippen LogP contribution < -0.4 is 4.90 Å². The Bertz CT molecular complexity index is 1120. The van der Waals surface area contributed by atoms with Crippen LogP contribution in [0.15, 0.2) is 30.5 Å². The normalized spacial score (nSPS) is 19.7. The highest BCUT2D eigenvalue weighted by Crippen LogP contribution is 2.32. The van der Waals surface area contributed by atoms with Crippen molar-refractivity contribution in [1.82, 2.24) is 19.7 Å². The average molecular weight is 452 g/mol. The van der Waals surface area contributed by atoms with Gasteiger partial charge < -0.3 is 19.1 Å². The molecule has 174 valence electrons. The van der Waals surface area contributed by atoms with Crippen LogP contribution in [-0.2, 0) is 25.4 Å². The third-order valence-corrected chi connectivity index (χ3v) is 6.41. The van der Waals surface area contributed by atoms with Crippen molar-refractivity contribution in [1.29, 1.82) is 0 Å². The third-order valence-electron chi connectivity index (χ3n) is 6.41. The predicted molar refractivity (Wildman–Crippen MR) is 123 cm³/mol. The molecule has 2 aromatic heterocycles. The number of fused-ring (bicyclic) bond motifs is 1. The van der Waals surface area contributed by atoms with Gasteiger partial charge in [-0.15, -0.1) is 0 Å². The van der Waals surface area contributed by atoms with Crippen LogP contribution in [0, 0.1) is 0 Å². The number of morpholine rings is 1. The summed E-state index contributed by atoms with van der Waals surface area (Å²) in [6.45, 7) is 5.65. The molecule has 0 amide bonds. The van der Waals surface area contributed by atoms with E-state index in [0.717, 1.165) is 60.5 Å². The van der Waals surface area contributed by atoms with Crippen LogP contribution in [-0.4, -0.2) is 71.8 Å². The van der Waals surface area contributed by atoms with Crippen LogP contribution in [0.4, 0.5) is 5.95 Å². The molecule has 1 aromatic carbocycles. The number of hydrogen-bond acceptors (Lipinski definition) is 8. The Morgan fingerprint density at radius 3 is 2.64 bits per heavy atom. The van der Waals surface area contributed by atoms with Crippen LogP contribution in [0.1, 0.15) is 31.4 Å². The molecule has 0 radical (unpaired) electrons. The van der Waals surface area contributed by atoms with Gasteiger partial charge >= 0.3 is 5.97 Å². The second-order valence-electron chi connectivity index (χ2n) is 8.61. The molecular formula is C24H29N5O4. The minimum Gasteiger partial charge on any atom is -0.469 e. The van der Waals surface area contributed by atoms with Gasteiger partial charge in [0.15, 0.2) is 5.65 Å². The number of carbonyl (C=O) groups excluding carboxylic acids is 1. The van der Waals surface area contributed by atoms with Crippen LogP contribution in [0.3, 0.4) is 0 Å². The van der Waals surface area contributed by atoms with Gasteiger partial charge in [0.05, 0.1) is 56.1 Å². The summed E-state index contributed by atoms with van der Waals surface area (Å²) < 4.78 is 18.0. The second kappa shape index (κ2) is 9.44. The number of anilines is 1. The quantitative estimate of drug-likeness (QED) is 0.547. The van der Waals surface area contributed by atoms with E-state index in [0.29, 0.717) is 19.2 Å². The van der Waals surface area contributed by atoms with E-state index in [9.17, 15) is 4.79 Å². The van der Waals surface area contributed by atoms with Crippen LogP contribution >= 0.6 is 0 Å². The van der Waals surface area contributed by atoms with Crippen molar-refractivity contribution >= 4 is 23.0 Å². The smallest absolute Gasteiger partial charge is 0.309 e. The molecule has 0 spiro atoms. The van der Waals surface area contributed by atoms with Gasteiger partial charge in [-0.2, -0.15) is 10.1 Å². The van der Waals surface area contributed by atoms with Crippen molar-refractivity contribution in [2.24, 2.45) is 0 Å². The maximum Gasteiger partial charge on any atom is 0.309 e. The van der Waals surface area contributed by atoms with E-state index < -0.39 is 0 Å². The fraction of sp³-hybridized carbons (Fsp3) is 0.500. The van der Waals surface area contributed by atoms with Gasteiger partial charge in [-0.25, -0.2) is 9.67 Å². The first-order chi connectivity index (χ1) is 16.1. The Hall–Kier alpha value is -3.04. The first-order valence-corrected chi connectivity index (χ1v) is 11.5. The molecule has 4 heterocycles. The number of rotatable bonds is 5. The van der Waals surface area contributed by atoms with Gasteiger partial charge in [-0.05, 0) is 25.3 Å². The minimum absolute atomic E-state index is 0.186. The standard InChI is InChI=1S/C24H29N5O4/c1-16-15-33-12-9-28(16)24-26-22(18-5-3-17(4-6-18)13-21(30)31-2)20-14-25-29(23(20)27-24)19-7-10-32-11-8-19/h3-6,14,16,19H,7-13,15H2,1-2H3/t16-/m1/s1. The number of ether oxygens (including phenoxy) is 3. The Labute approximate surface area is 192 Å². The molecular weight excluding hydrogens is 422 g/mol. The zero-order chi connectivity index (χ0) is 22.8. The van der Waals surface area contributed by atoms with Gasteiger partial charge in [-0.3, -0.25) is 4.79 Å². The molecule has 3 aromatic rings. The summed E-state index contributed by atoms with van der Waals surface area (Å²) in [6, 6.07) is 8.33. The van der Waals surface area contributed by atoms with E-state index in [1.807, 2.05) is 35.1 Å². The third kappa shape index (κ3) is 4.43. The molecule has 9 nitrogen and oxygen atoms in total. The molecule has 0 unspecified atom stereocenters. The number of benzene rings is 1. The summed E-state index contributed by atoms with van der Waals surface area (Å²) in [7, 11) is 1.40. The minimum atomic E-state index is -0.256. The van der Waals surface area contributed by atoms with E-state index >= 15 is 0 Å². The van der Waals surface area contributed by atoms with Gasteiger partial charge in [0.1, 0.15) is 0 Å². The van der Waals surface area contributed by atoms with Crippen molar-refractivity contribution in [2.75, 3.05) is 45.0 Å². The van der Waals surface area contributed by atoms with E-state index in [4.69, 9.17) is 29.3 Å². The molecule has 1 atom stereocenters.